The van der Waals surface area contributed by atoms with Crippen LogP contribution in [-0.2, 0) is 45.2 Å². The molecule has 6 N–H and O–H groups in total. The third kappa shape index (κ3) is 13.9. The fourth-order valence-electron chi connectivity index (χ4n) is 4.49. The number of carbonyl (C=O) groups is 6. The summed E-state index contributed by atoms with van der Waals surface area (Å²) in [4.78, 5) is 76.6. The molecular formula is C34H41ClN4O11S. The van der Waals surface area contributed by atoms with E-state index in [9.17, 15) is 47.4 Å². The van der Waals surface area contributed by atoms with Crippen molar-refractivity contribution in [1.82, 2.24) is 21.3 Å². The summed E-state index contributed by atoms with van der Waals surface area (Å²) in [6, 6.07) is 10.5. The zero-order valence-corrected chi connectivity index (χ0v) is 29.7. The number of alkyl carbamates (subject to hydrolysis) is 1. The smallest absolute Gasteiger partial charge is 0.408 e. The number of rotatable bonds is 19. The van der Waals surface area contributed by atoms with Crippen molar-refractivity contribution in [2.24, 2.45) is 5.92 Å². The summed E-state index contributed by atoms with van der Waals surface area (Å²) in [7, 11) is -3.92. The second-order valence-electron chi connectivity index (χ2n) is 11.5. The number of sulfone groups is 1. The van der Waals surface area contributed by atoms with E-state index < -0.39 is 92.9 Å². The lowest BCUT2D eigenvalue weighted by Crippen LogP contribution is -2.56. The van der Waals surface area contributed by atoms with Gasteiger partial charge in [-0.25, -0.2) is 13.2 Å². The number of aliphatic carboxylic acids is 2. The molecule has 0 heterocycles. The maximum atomic E-state index is 13.8. The van der Waals surface area contributed by atoms with E-state index in [-0.39, 0.29) is 23.5 Å². The molecule has 0 aliphatic carbocycles. The van der Waals surface area contributed by atoms with Crippen LogP contribution in [0.4, 0.5) is 4.79 Å². The van der Waals surface area contributed by atoms with Crippen LogP contribution in [0.2, 0.25) is 0 Å². The molecule has 2 aromatic rings. The van der Waals surface area contributed by atoms with Crippen molar-refractivity contribution in [2.45, 2.75) is 64.4 Å². The van der Waals surface area contributed by atoms with Gasteiger partial charge in [0.25, 0.3) is 0 Å². The summed E-state index contributed by atoms with van der Waals surface area (Å²) >= 11 is 5.92. The van der Waals surface area contributed by atoms with Crippen LogP contribution in [0, 0.1) is 5.92 Å². The third-order valence-corrected chi connectivity index (χ3v) is 9.51. The molecule has 51 heavy (non-hydrogen) atoms. The first kappa shape index (κ1) is 41.9. The van der Waals surface area contributed by atoms with Crippen LogP contribution >= 0.6 is 11.6 Å². The van der Waals surface area contributed by atoms with Crippen LogP contribution in [0.15, 0.2) is 83.3 Å². The number of hydrogen-bond acceptors (Lipinski definition) is 9. The Morgan fingerprint density at radius 1 is 0.843 bits per heavy atom. The van der Waals surface area contributed by atoms with Crippen molar-refractivity contribution in [1.29, 1.82) is 0 Å². The van der Waals surface area contributed by atoms with Crippen LogP contribution in [0.1, 0.15) is 50.8 Å². The lowest BCUT2D eigenvalue weighted by Gasteiger charge is -2.28. The summed E-state index contributed by atoms with van der Waals surface area (Å²) in [6.45, 7) is 7.96. The first-order chi connectivity index (χ1) is 23.9. The standard InChI is InChI=1S/C34H41ClN4O11S/c1-5-51(48,49)25(35)17-24(18-27(42)43)36-31(44)28(20(2)3)37-33(46)30(23-14-10-7-11-15-23)38-32(45)29(21(4)16-26(40)41)39-34(47)50-19-22-12-8-6-9-13-22/h6-15,17,20,24,28-30H,4-5,16,18-19H2,1-3H3,(H,36,44)(H,37,46)(H,38,45)(H,39,47)(H,40,41)(H,42,43). The first-order valence-electron chi connectivity index (χ1n) is 15.6. The van der Waals surface area contributed by atoms with E-state index in [1.165, 1.54) is 19.1 Å². The van der Waals surface area contributed by atoms with Crippen molar-refractivity contribution in [2.75, 3.05) is 5.75 Å². The SMILES string of the molecule is C=C(CC(=O)O)C(NC(=O)OCc1ccccc1)C(=O)NC(C(=O)NC(C(=O)NC(C=C(Cl)S(=O)(=O)CC)CC(=O)O)C(C)C)c1ccccc1. The van der Waals surface area contributed by atoms with Gasteiger partial charge in [-0.2, -0.15) is 0 Å². The van der Waals surface area contributed by atoms with E-state index >= 15 is 0 Å². The van der Waals surface area contributed by atoms with Gasteiger partial charge in [0.15, 0.2) is 9.84 Å². The largest absolute Gasteiger partial charge is 0.481 e. The second kappa shape index (κ2) is 19.8. The van der Waals surface area contributed by atoms with E-state index in [2.05, 4.69) is 27.8 Å². The Morgan fingerprint density at radius 3 is 1.96 bits per heavy atom. The summed E-state index contributed by atoms with van der Waals surface area (Å²) < 4.78 is 28.9. The zero-order chi connectivity index (χ0) is 38.3. The van der Waals surface area contributed by atoms with Crippen LogP contribution in [0.3, 0.4) is 0 Å². The summed E-state index contributed by atoms with van der Waals surface area (Å²) in [5.74, 6) is -6.51. The van der Waals surface area contributed by atoms with Gasteiger partial charge in [-0.3, -0.25) is 24.0 Å². The predicted octanol–water partition coefficient (Wildman–Crippen LogP) is 2.79. The molecule has 4 atom stereocenters. The molecule has 0 saturated heterocycles. The molecule has 0 aromatic heterocycles. The Balaban J connectivity index is 2.37. The van der Waals surface area contributed by atoms with Crippen molar-refractivity contribution in [3.05, 3.63) is 94.4 Å². The van der Waals surface area contributed by atoms with Crippen LogP contribution in [0.25, 0.3) is 0 Å². The number of ether oxygens (including phenoxy) is 1. The number of carboxylic acid groups (broad SMARTS) is 2. The average Bonchev–Trinajstić information content (AvgIpc) is 3.07. The van der Waals surface area contributed by atoms with E-state index in [1.54, 1.807) is 62.4 Å². The molecule has 276 valence electrons. The number of carbonyl (C=O) groups excluding carboxylic acids is 4. The lowest BCUT2D eigenvalue weighted by atomic mass is 9.99. The van der Waals surface area contributed by atoms with Gasteiger partial charge >= 0.3 is 18.0 Å². The number of benzene rings is 2. The van der Waals surface area contributed by atoms with Crippen LogP contribution in [-0.4, -0.2) is 78.3 Å². The molecule has 0 fully saturated rings. The molecule has 0 saturated carbocycles. The summed E-state index contributed by atoms with van der Waals surface area (Å²) in [6.07, 6.45) is -1.63. The highest BCUT2D eigenvalue weighted by atomic mass is 35.5. The molecule has 0 spiro atoms. The molecule has 2 aromatic carbocycles. The number of nitrogens with one attached hydrogen (secondary N) is 4. The Kier molecular flexibility index (Phi) is 16.3. The normalized spacial score (nSPS) is 13.9. The maximum absolute atomic E-state index is 13.8. The van der Waals surface area contributed by atoms with E-state index in [4.69, 9.17) is 16.3 Å². The van der Waals surface area contributed by atoms with Gasteiger partial charge < -0.3 is 36.2 Å². The van der Waals surface area contributed by atoms with E-state index in [0.29, 0.717) is 5.56 Å². The number of carboxylic acids is 2. The minimum atomic E-state index is -3.92. The minimum absolute atomic E-state index is 0.163. The molecule has 15 nitrogen and oxygen atoms in total. The fourth-order valence-corrected chi connectivity index (χ4v) is 5.61. The first-order valence-corrected chi connectivity index (χ1v) is 17.6. The van der Waals surface area contributed by atoms with Crippen LogP contribution in [0.5, 0.6) is 0 Å². The second-order valence-corrected chi connectivity index (χ2v) is 14.4. The van der Waals surface area contributed by atoms with Crippen molar-refractivity contribution in [3.8, 4) is 0 Å². The van der Waals surface area contributed by atoms with E-state index in [0.717, 1.165) is 6.08 Å². The van der Waals surface area contributed by atoms with Gasteiger partial charge in [-0.1, -0.05) is 99.6 Å². The van der Waals surface area contributed by atoms with Gasteiger partial charge in [0, 0.05) is 0 Å². The van der Waals surface area contributed by atoms with Crippen molar-refractivity contribution >= 4 is 57.2 Å². The predicted molar refractivity (Wildman–Crippen MR) is 187 cm³/mol. The summed E-state index contributed by atoms with van der Waals surface area (Å²) in [5, 5.41) is 28.4. The maximum Gasteiger partial charge on any atom is 0.408 e. The van der Waals surface area contributed by atoms with Gasteiger partial charge in [0.05, 0.1) is 24.6 Å². The summed E-state index contributed by atoms with van der Waals surface area (Å²) in [5.41, 5.74) is 0.648. The van der Waals surface area contributed by atoms with E-state index in [1.807, 2.05) is 0 Å². The minimum Gasteiger partial charge on any atom is -0.481 e. The third-order valence-electron chi connectivity index (χ3n) is 7.18. The Hall–Kier alpha value is -5.22. The van der Waals surface area contributed by atoms with Crippen LogP contribution < -0.4 is 21.3 Å². The quantitative estimate of drug-likeness (QED) is 0.114. The van der Waals surface area contributed by atoms with Crippen molar-refractivity contribution in [3.63, 3.8) is 0 Å². The average molecular weight is 749 g/mol. The van der Waals surface area contributed by atoms with Gasteiger partial charge in [0.2, 0.25) is 17.7 Å². The molecule has 4 amide bonds. The number of amides is 4. The molecule has 0 bridgehead atoms. The molecular weight excluding hydrogens is 708 g/mol. The topological polar surface area (TPSA) is 234 Å². The monoisotopic (exact) mass is 748 g/mol. The number of halogens is 1. The zero-order valence-electron chi connectivity index (χ0n) is 28.1. The highest BCUT2D eigenvalue weighted by Crippen LogP contribution is 2.18. The fraction of sp³-hybridized carbons (Fsp3) is 0.353. The molecule has 0 aliphatic heterocycles. The van der Waals surface area contributed by atoms with Gasteiger partial charge in [0.1, 0.15) is 29.1 Å². The highest BCUT2D eigenvalue weighted by Gasteiger charge is 2.34. The molecule has 0 aliphatic rings. The molecule has 17 heteroatoms. The molecule has 4 unspecified atom stereocenters. The molecule has 0 radical (unpaired) electrons. The van der Waals surface area contributed by atoms with Crippen molar-refractivity contribution < 1.29 is 52.1 Å². The van der Waals surface area contributed by atoms with Gasteiger partial charge in [-0.05, 0) is 28.7 Å². The highest BCUT2D eigenvalue weighted by molar-refractivity contribution is 7.96. The Labute approximate surface area is 300 Å². The van der Waals surface area contributed by atoms with Gasteiger partial charge in [-0.15, -0.1) is 0 Å². The molecule has 2 rings (SSSR count). The lowest BCUT2D eigenvalue weighted by molar-refractivity contribution is -0.138. The Morgan fingerprint density at radius 2 is 1.43 bits per heavy atom. The number of hydrogen-bond donors (Lipinski definition) is 6. The Bertz CT molecular complexity index is 1720.